The van der Waals surface area contributed by atoms with E-state index in [4.69, 9.17) is 0 Å². The van der Waals surface area contributed by atoms with Gasteiger partial charge >= 0.3 is 0 Å². The van der Waals surface area contributed by atoms with Crippen molar-refractivity contribution in [2.24, 2.45) is 5.92 Å². The minimum absolute atomic E-state index is 0.111. The normalized spacial score (nSPS) is 14.5. The summed E-state index contributed by atoms with van der Waals surface area (Å²) in [5.74, 6) is 0.554. The molecular weight excluding hydrogens is 394 g/mol. The highest BCUT2D eigenvalue weighted by Gasteiger charge is 2.23. The molecule has 0 unspecified atom stereocenters. The third kappa shape index (κ3) is 5.33. The van der Waals surface area contributed by atoms with Gasteiger partial charge in [-0.1, -0.05) is 48.5 Å². The zero-order valence-corrected chi connectivity index (χ0v) is 17.6. The summed E-state index contributed by atoms with van der Waals surface area (Å²) in [4.78, 5) is 31.3. The van der Waals surface area contributed by atoms with Crippen LogP contribution >= 0.6 is 11.3 Å². The van der Waals surface area contributed by atoms with E-state index in [1.807, 2.05) is 34.5 Å². The van der Waals surface area contributed by atoms with Gasteiger partial charge in [-0.05, 0) is 42.9 Å². The number of likely N-dealkylation sites (tertiary alicyclic amines) is 1. The molecule has 1 N–H and O–H groups in total. The van der Waals surface area contributed by atoms with Crippen molar-refractivity contribution in [1.82, 2.24) is 9.88 Å². The van der Waals surface area contributed by atoms with Crippen LogP contribution in [0.2, 0.25) is 0 Å². The van der Waals surface area contributed by atoms with E-state index in [1.54, 1.807) is 12.1 Å². The molecule has 2 amide bonds. The Morgan fingerprint density at radius 3 is 2.37 bits per heavy atom. The van der Waals surface area contributed by atoms with E-state index in [9.17, 15) is 9.59 Å². The molecule has 0 aliphatic carbocycles. The van der Waals surface area contributed by atoms with Crippen LogP contribution in [0.3, 0.4) is 0 Å². The second-order valence-corrected chi connectivity index (χ2v) is 8.51. The van der Waals surface area contributed by atoms with Gasteiger partial charge in [0.05, 0.1) is 12.1 Å². The highest BCUT2D eigenvalue weighted by Crippen LogP contribution is 2.23. The van der Waals surface area contributed by atoms with Crippen LogP contribution in [0.4, 0.5) is 5.13 Å². The highest BCUT2D eigenvalue weighted by atomic mass is 32.1. The monoisotopic (exact) mass is 419 g/mol. The lowest BCUT2D eigenvalue weighted by atomic mass is 9.90. The largest absolute Gasteiger partial charge is 0.342 e. The summed E-state index contributed by atoms with van der Waals surface area (Å²) in [6.07, 6.45) is 3.44. The molecule has 1 aliphatic heterocycles. The number of benzene rings is 2. The van der Waals surface area contributed by atoms with E-state index < -0.39 is 0 Å². The molecule has 3 aromatic rings. The van der Waals surface area contributed by atoms with Gasteiger partial charge in [0.15, 0.2) is 5.13 Å². The van der Waals surface area contributed by atoms with Crippen molar-refractivity contribution in [3.8, 4) is 0 Å². The Bertz CT molecular complexity index is 980. The molecule has 1 saturated heterocycles. The smallest absolute Gasteiger partial charge is 0.257 e. The van der Waals surface area contributed by atoms with Crippen molar-refractivity contribution in [1.29, 1.82) is 0 Å². The Balaban J connectivity index is 1.25. The number of anilines is 1. The van der Waals surface area contributed by atoms with Crippen LogP contribution in [0.5, 0.6) is 0 Å². The summed E-state index contributed by atoms with van der Waals surface area (Å²) in [5, 5.41) is 5.17. The minimum Gasteiger partial charge on any atom is -0.342 e. The molecule has 4 rings (SSSR count). The first-order valence-electron chi connectivity index (χ1n) is 10.3. The van der Waals surface area contributed by atoms with Crippen LogP contribution < -0.4 is 5.32 Å². The summed E-state index contributed by atoms with van der Waals surface area (Å²) >= 11 is 1.35. The molecule has 0 saturated carbocycles. The SMILES string of the molecule is O=C(Nc1nc(CC(=O)N2CCC(Cc3ccccc3)CC2)cs1)c1ccccc1. The number of nitrogens with one attached hydrogen (secondary N) is 1. The number of carbonyl (C=O) groups excluding carboxylic acids is 2. The van der Waals surface area contributed by atoms with Gasteiger partial charge in [0.25, 0.3) is 5.91 Å². The zero-order valence-electron chi connectivity index (χ0n) is 16.8. The molecule has 2 aromatic carbocycles. The summed E-state index contributed by atoms with van der Waals surface area (Å²) in [7, 11) is 0. The molecule has 2 heterocycles. The van der Waals surface area contributed by atoms with Crippen molar-refractivity contribution in [3.63, 3.8) is 0 Å². The summed E-state index contributed by atoms with van der Waals surface area (Å²) < 4.78 is 0. The average molecular weight is 420 g/mol. The van der Waals surface area contributed by atoms with Crippen molar-refractivity contribution in [3.05, 3.63) is 82.9 Å². The number of hydrogen-bond acceptors (Lipinski definition) is 4. The van der Waals surface area contributed by atoms with E-state index >= 15 is 0 Å². The van der Waals surface area contributed by atoms with Gasteiger partial charge in [-0.3, -0.25) is 14.9 Å². The van der Waals surface area contributed by atoms with E-state index in [0.717, 1.165) is 32.4 Å². The second-order valence-electron chi connectivity index (χ2n) is 7.65. The van der Waals surface area contributed by atoms with Gasteiger partial charge in [0, 0.05) is 24.0 Å². The predicted octanol–water partition coefficient (Wildman–Crippen LogP) is 4.42. The molecule has 154 valence electrons. The zero-order chi connectivity index (χ0) is 20.8. The van der Waals surface area contributed by atoms with Crippen molar-refractivity contribution in [2.75, 3.05) is 18.4 Å². The fourth-order valence-corrected chi connectivity index (χ4v) is 4.51. The van der Waals surface area contributed by atoms with Gasteiger partial charge in [0.1, 0.15) is 0 Å². The Hall–Kier alpha value is -2.99. The van der Waals surface area contributed by atoms with Crippen LogP contribution in [-0.2, 0) is 17.6 Å². The lowest BCUT2D eigenvalue weighted by molar-refractivity contribution is -0.131. The van der Waals surface area contributed by atoms with E-state index in [-0.39, 0.29) is 18.2 Å². The number of aromatic nitrogens is 1. The quantitative estimate of drug-likeness (QED) is 0.643. The highest BCUT2D eigenvalue weighted by molar-refractivity contribution is 7.14. The number of amides is 2. The summed E-state index contributed by atoms with van der Waals surface area (Å²) in [6.45, 7) is 1.61. The molecule has 0 spiro atoms. The number of rotatable bonds is 6. The molecule has 30 heavy (non-hydrogen) atoms. The van der Waals surface area contributed by atoms with Gasteiger partial charge in [0.2, 0.25) is 5.91 Å². The molecule has 0 radical (unpaired) electrons. The van der Waals surface area contributed by atoms with Gasteiger partial charge < -0.3 is 4.90 Å². The average Bonchev–Trinajstić information content (AvgIpc) is 3.22. The molecular formula is C24H25N3O2S. The molecule has 6 heteroatoms. The fraction of sp³-hybridized carbons (Fsp3) is 0.292. The van der Waals surface area contributed by atoms with Gasteiger partial charge in [-0.25, -0.2) is 4.98 Å². The Morgan fingerprint density at radius 1 is 1.00 bits per heavy atom. The maximum absolute atomic E-state index is 12.7. The number of piperidine rings is 1. The third-order valence-corrected chi connectivity index (χ3v) is 6.28. The number of thiazole rings is 1. The number of carbonyl (C=O) groups is 2. The molecule has 0 atom stereocenters. The van der Waals surface area contributed by atoms with Gasteiger partial charge in [-0.2, -0.15) is 0 Å². The van der Waals surface area contributed by atoms with Crippen LogP contribution in [0, 0.1) is 5.92 Å². The van der Waals surface area contributed by atoms with E-state index in [1.165, 1.54) is 16.9 Å². The van der Waals surface area contributed by atoms with Crippen molar-refractivity contribution >= 4 is 28.3 Å². The van der Waals surface area contributed by atoms with E-state index in [0.29, 0.717) is 22.3 Å². The molecule has 5 nitrogen and oxygen atoms in total. The number of nitrogens with zero attached hydrogens (tertiary/aromatic N) is 2. The van der Waals surface area contributed by atoms with E-state index in [2.05, 4.69) is 34.6 Å². The molecule has 1 fully saturated rings. The third-order valence-electron chi connectivity index (χ3n) is 5.47. The minimum atomic E-state index is -0.191. The van der Waals surface area contributed by atoms with Crippen LogP contribution in [0.25, 0.3) is 0 Å². The summed E-state index contributed by atoms with van der Waals surface area (Å²) in [5.41, 5.74) is 2.67. The predicted molar refractivity (Wildman–Crippen MR) is 120 cm³/mol. The first-order chi connectivity index (χ1) is 14.7. The molecule has 1 aliphatic rings. The first kappa shape index (κ1) is 20.3. The maximum atomic E-state index is 12.7. The van der Waals surface area contributed by atoms with Crippen LogP contribution in [0.15, 0.2) is 66.0 Å². The topological polar surface area (TPSA) is 62.3 Å². The standard InChI is InChI=1S/C24H25N3O2S/c28-22(27-13-11-19(12-14-27)15-18-7-3-1-4-8-18)16-21-17-30-24(25-21)26-23(29)20-9-5-2-6-10-20/h1-10,17,19H,11-16H2,(H,25,26,29). The Morgan fingerprint density at radius 2 is 1.67 bits per heavy atom. The van der Waals surface area contributed by atoms with Crippen LogP contribution in [-0.4, -0.2) is 34.8 Å². The van der Waals surface area contributed by atoms with Crippen molar-refractivity contribution < 1.29 is 9.59 Å². The van der Waals surface area contributed by atoms with Crippen LogP contribution in [0.1, 0.15) is 34.5 Å². The Kier molecular flexibility index (Phi) is 6.54. The number of hydrogen-bond donors (Lipinski definition) is 1. The lowest BCUT2D eigenvalue weighted by Gasteiger charge is -2.32. The second kappa shape index (κ2) is 9.67. The fourth-order valence-electron chi connectivity index (χ4n) is 3.81. The maximum Gasteiger partial charge on any atom is 0.257 e. The molecule has 1 aromatic heterocycles. The van der Waals surface area contributed by atoms with Crippen molar-refractivity contribution in [2.45, 2.75) is 25.7 Å². The van der Waals surface area contributed by atoms with Gasteiger partial charge in [-0.15, -0.1) is 11.3 Å². The Labute approximate surface area is 180 Å². The lowest BCUT2D eigenvalue weighted by Crippen LogP contribution is -2.39. The first-order valence-corrected chi connectivity index (χ1v) is 11.2. The molecule has 0 bridgehead atoms. The summed E-state index contributed by atoms with van der Waals surface area (Å²) in [6, 6.07) is 19.6.